The van der Waals surface area contributed by atoms with Crippen molar-refractivity contribution in [1.29, 1.82) is 0 Å². The van der Waals surface area contributed by atoms with Crippen molar-refractivity contribution in [3.8, 4) is 0 Å². The molecule has 2 N–H and O–H groups in total. The summed E-state index contributed by atoms with van der Waals surface area (Å²) in [5.74, 6) is 0.830. The molecule has 0 aromatic heterocycles. The Hall–Kier alpha value is -1.66. The molecule has 5 nitrogen and oxygen atoms in total. The summed E-state index contributed by atoms with van der Waals surface area (Å²) in [7, 11) is 0. The van der Waals surface area contributed by atoms with Gasteiger partial charge in [-0.25, -0.2) is 9.18 Å². The molecule has 0 saturated carbocycles. The van der Waals surface area contributed by atoms with E-state index in [0.29, 0.717) is 24.9 Å². The fourth-order valence-electron chi connectivity index (χ4n) is 4.52. The quantitative estimate of drug-likeness (QED) is 0.830. The first-order valence-electron chi connectivity index (χ1n) is 10.9. The molecule has 0 unspecified atom stereocenters. The van der Waals surface area contributed by atoms with Gasteiger partial charge in [0.1, 0.15) is 11.4 Å². The number of nitrogens with two attached hydrogens (primary N) is 1. The van der Waals surface area contributed by atoms with Crippen LogP contribution in [0.5, 0.6) is 0 Å². The number of likely N-dealkylation sites (tertiary alicyclic amines) is 2. The third-order valence-corrected chi connectivity index (χ3v) is 5.99. The normalized spacial score (nSPS) is 26.4. The van der Waals surface area contributed by atoms with E-state index in [1.807, 2.05) is 32.9 Å². The molecule has 2 saturated heterocycles. The lowest BCUT2D eigenvalue weighted by Gasteiger charge is -2.41. The monoisotopic (exact) mass is 405 g/mol. The summed E-state index contributed by atoms with van der Waals surface area (Å²) in [6, 6.07) is 6.88. The molecule has 0 radical (unpaired) electrons. The lowest BCUT2D eigenvalue weighted by molar-refractivity contribution is 0.0132. The van der Waals surface area contributed by atoms with Crippen molar-refractivity contribution in [1.82, 2.24) is 9.80 Å². The maximum atomic E-state index is 13.1. The summed E-state index contributed by atoms with van der Waals surface area (Å²) in [6.45, 7) is 10.1. The molecule has 0 aliphatic carbocycles. The minimum Gasteiger partial charge on any atom is -0.444 e. The van der Waals surface area contributed by atoms with Crippen molar-refractivity contribution < 1.29 is 13.9 Å². The number of amides is 1. The van der Waals surface area contributed by atoms with Crippen LogP contribution in [0.2, 0.25) is 0 Å². The maximum absolute atomic E-state index is 13.1. The average Bonchev–Trinajstić information content (AvgIpc) is 2.64. The van der Waals surface area contributed by atoms with Crippen LogP contribution in [0.3, 0.4) is 0 Å². The number of halogens is 1. The predicted octanol–water partition coefficient (Wildman–Crippen LogP) is 3.66. The van der Waals surface area contributed by atoms with Gasteiger partial charge in [0.05, 0.1) is 0 Å². The standard InChI is InChI=1S/C23H36FN3O2/c1-23(2,3)29-22(28)27-12-10-19(21(25)16-27)15-26-11-4-5-18(14-26)13-17-6-8-20(24)9-7-17/h6-9,18-19,21H,4-5,10-16,25H2,1-3H3/t18-,19-,21-/m0/s1. The zero-order valence-electron chi connectivity index (χ0n) is 18.1. The van der Waals surface area contributed by atoms with Crippen molar-refractivity contribution in [3.05, 3.63) is 35.6 Å². The highest BCUT2D eigenvalue weighted by Crippen LogP contribution is 2.25. The van der Waals surface area contributed by atoms with E-state index >= 15 is 0 Å². The Kier molecular flexibility index (Phi) is 7.17. The van der Waals surface area contributed by atoms with E-state index in [2.05, 4.69) is 4.90 Å². The molecular formula is C23H36FN3O2. The van der Waals surface area contributed by atoms with Gasteiger partial charge in [0.15, 0.2) is 0 Å². The number of benzene rings is 1. The molecule has 1 aromatic rings. The molecule has 29 heavy (non-hydrogen) atoms. The predicted molar refractivity (Wildman–Crippen MR) is 113 cm³/mol. The summed E-state index contributed by atoms with van der Waals surface area (Å²) in [4.78, 5) is 16.6. The molecule has 0 bridgehead atoms. The van der Waals surface area contributed by atoms with Crippen LogP contribution in [-0.2, 0) is 11.2 Å². The number of hydrogen-bond acceptors (Lipinski definition) is 4. The molecule has 162 valence electrons. The number of nitrogens with zero attached hydrogens (tertiary/aromatic N) is 2. The van der Waals surface area contributed by atoms with Crippen molar-refractivity contribution in [2.75, 3.05) is 32.7 Å². The van der Waals surface area contributed by atoms with Gasteiger partial charge in [0.25, 0.3) is 0 Å². The van der Waals surface area contributed by atoms with E-state index in [1.165, 1.54) is 18.4 Å². The number of ether oxygens (including phenoxy) is 1. The zero-order valence-corrected chi connectivity index (χ0v) is 18.1. The highest BCUT2D eigenvalue weighted by molar-refractivity contribution is 5.68. The summed E-state index contributed by atoms with van der Waals surface area (Å²) in [5, 5.41) is 0. The van der Waals surface area contributed by atoms with E-state index < -0.39 is 5.60 Å². The van der Waals surface area contributed by atoms with Crippen molar-refractivity contribution in [2.24, 2.45) is 17.6 Å². The van der Waals surface area contributed by atoms with Crippen LogP contribution in [0.25, 0.3) is 0 Å². The highest BCUT2D eigenvalue weighted by atomic mass is 19.1. The minimum atomic E-state index is -0.481. The van der Waals surface area contributed by atoms with Crippen molar-refractivity contribution in [2.45, 2.75) is 58.1 Å². The second-order valence-corrected chi connectivity index (χ2v) is 9.74. The summed E-state index contributed by atoms with van der Waals surface area (Å²) < 4.78 is 18.6. The van der Waals surface area contributed by atoms with Crippen molar-refractivity contribution in [3.63, 3.8) is 0 Å². The zero-order chi connectivity index (χ0) is 21.0. The Morgan fingerprint density at radius 3 is 2.55 bits per heavy atom. The Bertz CT molecular complexity index is 674. The first-order chi connectivity index (χ1) is 13.7. The van der Waals surface area contributed by atoms with E-state index in [4.69, 9.17) is 10.5 Å². The fraction of sp³-hybridized carbons (Fsp3) is 0.696. The van der Waals surface area contributed by atoms with E-state index in [1.54, 1.807) is 17.0 Å². The van der Waals surface area contributed by atoms with Gasteiger partial charge in [-0.3, -0.25) is 0 Å². The number of carbonyl (C=O) groups excluding carboxylic acids is 1. The highest BCUT2D eigenvalue weighted by Gasteiger charge is 2.33. The first-order valence-corrected chi connectivity index (χ1v) is 10.9. The first kappa shape index (κ1) is 22.0. The van der Waals surface area contributed by atoms with Gasteiger partial charge >= 0.3 is 6.09 Å². The lowest BCUT2D eigenvalue weighted by Crippen LogP contribution is -2.54. The van der Waals surface area contributed by atoms with Crippen LogP contribution in [0.15, 0.2) is 24.3 Å². The fourth-order valence-corrected chi connectivity index (χ4v) is 4.52. The van der Waals surface area contributed by atoms with Crippen LogP contribution in [-0.4, -0.2) is 60.3 Å². The van der Waals surface area contributed by atoms with Gasteiger partial charge in [0.2, 0.25) is 0 Å². The molecule has 3 atom stereocenters. The smallest absolute Gasteiger partial charge is 0.410 e. The molecule has 1 amide bonds. The summed E-state index contributed by atoms with van der Waals surface area (Å²) in [6.07, 6.45) is 4.07. The number of piperidine rings is 2. The van der Waals surface area contributed by atoms with Gasteiger partial charge in [-0.1, -0.05) is 12.1 Å². The Labute approximate surface area is 174 Å². The minimum absolute atomic E-state index is 0.0197. The second kappa shape index (κ2) is 9.43. The Balaban J connectivity index is 1.47. The molecule has 2 aliphatic rings. The van der Waals surface area contributed by atoms with Gasteiger partial charge in [-0.15, -0.1) is 0 Å². The van der Waals surface area contributed by atoms with Crippen LogP contribution in [0, 0.1) is 17.7 Å². The average molecular weight is 406 g/mol. The van der Waals surface area contributed by atoms with Gasteiger partial charge in [-0.2, -0.15) is 0 Å². The molecule has 2 fully saturated rings. The van der Waals surface area contributed by atoms with E-state index in [-0.39, 0.29) is 18.0 Å². The number of rotatable bonds is 4. The van der Waals surface area contributed by atoms with Crippen LogP contribution < -0.4 is 5.73 Å². The Morgan fingerprint density at radius 2 is 1.90 bits per heavy atom. The van der Waals surface area contributed by atoms with Gasteiger partial charge < -0.3 is 20.3 Å². The largest absolute Gasteiger partial charge is 0.444 e. The van der Waals surface area contributed by atoms with E-state index in [9.17, 15) is 9.18 Å². The number of carbonyl (C=O) groups is 1. The molecule has 3 rings (SSSR count). The summed E-state index contributed by atoms with van der Waals surface area (Å²) >= 11 is 0. The number of hydrogen-bond donors (Lipinski definition) is 1. The second-order valence-electron chi connectivity index (χ2n) is 9.74. The van der Waals surface area contributed by atoms with Crippen molar-refractivity contribution >= 4 is 6.09 Å². The van der Waals surface area contributed by atoms with Gasteiger partial charge in [-0.05, 0) is 82.5 Å². The third-order valence-electron chi connectivity index (χ3n) is 5.99. The molecule has 6 heteroatoms. The molecular weight excluding hydrogens is 369 g/mol. The SMILES string of the molecule is CC(C)(C)OC(=O)N1CC[C@@H](CN2CCC[C@@H](Cc3ccc(F)cc3)C2)[C@@H](N)C1. The topological polar surface area (TPSA) is 58.8 Å². The van der Waals surface area contributed by atoms with Gasteiger partial charge in [0, 0.05) is 32.2 Å². The van der Waals surface area contributed by atoms with Crippen LogP contribution in [0.1, 0.15) is 45.6 Å². The maximum Gasteiger partial charge on any atom is 0.410 e. The van der Waals surface area contributed by atoms with Crippen LogP contribution in [0.4, 0.5) is 9.18 Å². The molecule has 2 heterocycles. The summed E-state index contributed by atoms with van der Waals surface area (Å²) in [5.41, 5.74) is 7.18. The van der Waals surface area contributed by atoms with Crippen LogP contribution >= 0.6 is 0 Å². The lowest BCUT2D eigenvalue weighted by atomic mass is 9.88. The molecule has 0 spiro atoms. The third kappa shape index (κ3) is 6.68. The molecule has 1 aromatic carbocycles. The molecule has 2 aliphatic heterocycles. The van der Waals surface area contributed by atoms with E-state index in [0.717, 1.165) is 32.5 Å². The Morgan fingerprint density at radius 1 is 1.17 bits per heavy atom.